The van der Waals surface area contributed by atoms with E-state index in [0.29, 0.717) is 45.4 Å². The zero-order valence-corrected chi connectivity index (χ0v) is 30.5. The zero-order valence-electron chi connectivity index (χ0n) is 30.5. The largest absolute Gasteiger partial charge is 0.458 e. The van der Waals surface area contributed by atoms with E-state index in [0.717, 1.165) is 0 Å². The Morgan fingerprint density at radius 1 is 1.02 bits per heavy atom. The second-order valence-corrected chi connectivity index (χ2v) is 15.7. The molecule has 6 fully saturated rings. The maximum Gasteiger partial charge on any atom is 0.320 e. The molecule has 1 aliphatic carbocycles. The van der Waals surface area contributed by atoms with Crippen LogP contribution in [-0.2, 0) is 28.6 Å². The van der Waals surface area contributed by atoms with Gasteiger partial charge in [0.15, 0.2) is 6.10 Å². The van der Waals surface area contributed by atoms with E-state index in [1.54, 1.807) is 9.80 Å². The van der Waals surface area contributed by atoms with Gasteiger partial charge in [-0.15, -0.1) is 0 Å². The number of ether oxygens (including phenoxy) is 3. The summed E-state index contributed by atoms with van der Waals surface area (Å²) in [6, 6.07) is -2.34. The molecule has 3 N–H and O–H groups in total. The number of nitrogens with one attached hydrogen (secondary N) is 3. The number of hydrogen-bond acceptors (Lipinski definition) is 10. The van der Waals surface area contributed by atoms with Crippen LogP contribution in [0.2, 0.25) is 0 Å². The summed E-state index contributed by atoms with van der Waals surface area (Å²) < 4.78 is 51.3. The average molecular weight is 723 g/mol. The highest BCUT2D eigenvalue weighted by Gasteiger charge is 2.59. The molecule has 5 saturated heterocycles. The smallest absolute Gasteiger partial charge is 0.320 e. The van der Waals surface area contributed by atoms with Crippen LogP contribution in [0.5, 0.6) is 0 Å². The number of carbonyl (C=O) groups excluding carboxylic acids is 4. The lowest BCUT2D eigenvalue weighted by Gasteiger charge is -2.60. The molecule has 15 heteroatoms. The Bertz CT molecular complexity index is 1330. The fraction of sp³-hybridized carbons (Fsp3) is 0.833. The van der Waals surface area contributed by atoms with Crippen LogP contribution in [0, 0.1) is 23.7 Å². The van der Waals surface area contributed by atoms with Crippen molar-refractivity contribution in [2.75, 3.05) is 32.8 Å². The Morgan fingerprint density at radius 2 is 1.76 bits per heavy atom. The molecule has 0 aromatic rings. The van der Waals surface area contributed by atoms with Gasteiger partial charge in [-0.05, 0) is 57.6 Å². The van der Waals surface area contributed by atoms with Crippen molar-refractivity contribution in [1.82, 2.24) is 30.7 Å². The molecule has 0 radical (unpaired) electrons. The highest BCUT2D eigenvalue weighted by molar-refractivity contribution is 5.87. The minimum Gasteiger partial charge on any atom is -0.458 e. The summed E-state index contributed by atoms with van der Waals surface area (Å²) in [5.74, 6) is -3.13. The van der Waals surface area contributed by atoms with E-state index in [4.69, 9.17) is 14.2 Å². The maximum atomic E-state index is 16.8. The summed E-state index contributed by atoms with van der Waals surface area (Å²) in [7, 11) is 0. The van der Waals surface area contributed by atoms with Gasteiger partial charge in [0.05, 0.1) is 31.1 Å². The van der Waals surface area contributed by atoms with E-state index < -0.39 is 84.8 Å². The summed E-state index contributed by atoms with van der Waals surface area (Å²) in [6.45, 7) is 14.0. The fourth-order valence-corrected chi connectivity index (χ4v) is 10.1. The maximum absolute atomic E-state index is 16.8. The van der Waals surface area contributed by atoms with E-state index in [1.165, 1.54) is 19.9 Å². The van der Waals surface area contributed by atoms with Crippen molar-refractivity contribution in [1.29, 1.82) is 0 Å². The first-order valence-electron chi connectivity index (χ1n) is 18.8. The quantitative estimate of drug-likeness (QED) is 0.286. The fourth-order valence-electron chi connectivity index (χ4n) is 10.1. The molecule has 51 heavy (non-hydrogen) atoms. The van der Waals surface area contributed by atoms with E-state index in [2.05, 4.69) is 27.4 Å². The van der Waals surface area contributed by atoms with Crippen molar-refractivity contribution in [3.8, 4) is 0 Å². The summed E-state index contributed by atoms with van der Waals surface area (Å²) in [4.78, 5) is 58.2. The van der Waals surface area contributed by atoms with Crippen LogP contribution in [0.3, 0.4) is 0 Å². The Balaban J connectivity index is 1.47. The Kier molecular flexibility index (Phi) is 11.6. The standard InChI is InChI=1S/C36H56F2N6O7/c1-7-28(47)42-13-14-43(19(4)16-42)34-23-15-25(38)31-29-24(37)9-8-10-26(29)49-17-27(50-20(5)45)33(51-21(6)46)22-11-12-39-30(18(2)3)32(22)44(35(23)40-31)36(48)41-34/h7,18-19,22-27,29-35,39-40H,1,8-17H2,2-6H3,(H,41,48)/t19-,22?,23?,24?,25?,26?,27?,29?,30?,31?,32?,33?,34?,35?/m0/s1. The lowest BCUT2D eigenvalue weighted by Crippen LogP contribution is -2.80. The minimum absolute atomic E-state index is 0.0119. The lowest BCUT2D eigenvalue weighted by atomic mass is 9.71. The highest BCUT2D eigenvalue weighted by Crippen LogP contribution is 2.44. The summed E-state index contributed by atoms with van der Waals surface area (Å²) in [6.07, 6.45) is -3.66. The molecule has 14 atom stereocenters. The van der Waals surface area contributed by atoms with Crippen molar-refractivity contribution >= 4 is 23.9 Å². The summed E-state index contributed by atoms with van der Waals surface area (Å²) in [5, 5.41) is 10.4. The topological polar surface area (TPSA) is 142 Å². The molecule has 0 aromatic heterocycles. The summed E-state index contributed by atoms with van der Waals surface area (Å²) >= 11 is 0. The number of urea groups is 1. The van der Waals surface area contributed by atoms with Crippen molar-refractivity contribution in [3.05, 3.63) is 12.7 Å². The van der Waals surface area contributed by atoms with Crippen LogP contribution < -0.4 is 16.0 Å². The van der Waals surface area contributed by atoms with Gasteiger partial charge in [-0.2, -0.15) is 0 Å². The molecule has 3 amide bonds. The van der Waals surface area contributed by atoms with Gasteiger partial charge < -0.3 is 34.6 Å². The van der Waals surface area contributed by atoms with Gasteiger partial charge in [0.25, 0.3) is 0 Å². The second kappa shape index (κ2) is 15.6. The number of esters is 2. The number of nitrogens with zero attached hydrogens (tertiary/aromatic N) is 3. The number of fused-ring (bicyclic) bond motifs is 5. The van der Waals surface area contributed by atoms with Crippen LogP contribution in [0.15, 0.2) is 12.7 Å². The molecule has 13 unspecified atom stereocenters. The third-order valence-corrected chi connectivity index (χ3v) is 12.2. The van der Waals surface area contributed by atoms with Crippen LogP contribution in [0.25, 0.3) is 0 Å². The van der Waals surface area contributed by atoms with E-state index in [1.807, 2.05) is 20.8 Å². The van der Waals surface area contributed by atoms with E-state index >= 15 is 8.78 Å². The predicted octanol–water partition coefficient (Wildman–Crippen LogP) is 2.10. The number of carbonyl (C=O) groups is 4. The first-order valence-corrected chi connectivity index (χ1v) is 18.8. The number of amides is 3. The average Bonchev–Trinajstić information content (AvgIpc) is 3.07. The molecular formula is C36H56F2N6O7. The predicted molar refractivity (Wildman–Crippen MR) is 182 cm³/mol. The van der Waals surface area contributed by atoms with Crippen molar-refractivity contribution in [2.24, 2.45) is 23.7 Å². The second-order valence-electron chi connectivity index (χ2n) is 15.7. The van der Waals surface area contributed by atoms with Crippen LogP contribution in [0.4, 0.5) is 13.6 Å². The Morgan fingerprint density at radius 3 is 2.43 bits per heavy atom. The van der Waals surface area contributed by atoms with Gasteiger partial charge in [0.2, 0.25) is 5.91 Å². The normalized spacial score (nSPS) is 41.9. The van der Waals surface area contributed by atoms with Gasteiger partial charge in [-0.1, -0.05) is 20.4 Å². The SMILES string of the molecule is C=CC(=O)N1CCN(C2NC(=O)N3C4NC(C(F)CC42)C2C(F)CCCC2OCC(OC(C)=O)C(OC(C)=O)C2CCNC(C(C)C)C23)[C@@H](C)C1. The third kappa shape index (κ3) is 7.50. The van der Waals surface area contributed by atoms with E-state index in [-0.39, 0.29) is 49.4 Å². The molecule has 6 rings (SSSR count). The molecule has 1 saturated carbocycles. The first-order chi connectivity index (χ1) is 24.3. The van der Waals surface area contributed by atoms with Gasteiger partial charge in [-0.3, -0.25) is 24.6 Å². The number of rotatable bonds is 5. The van der Waals surface area contributed by atoms with Gasteiger partial charge in [-0.25, -0.2) is 13.6 Å². The zero-order chi connectivity index (χ0) is 36.7. The van der Waals surface area contributed by atoms with Crippen LogP contribution >= 0.6 is 0 Å². The molecular weight excluding hydrogens is 666 g/mol. The monoisotopic (exact) mass is 722 g/mol. The van der Waals surface area contributed by atoms with E-state index in [9.17, 15) is 19.2 Å². The Hall–Kier alpha value is -2.88. The number of piperidine rings is 2. The summed E-state index contributed by atoms with van der Waals surface area (Å²) in [5.41, 5.74) is 0. The number of alkyl halides is 2. The Labute approximate surface area is 299 Å². The number of hydrogen-bond donors (Lipinski definition) is 3. The number of piperazine rings is 1. The molecule has 6 aliphatic rings. The number of halogens is 2. The van der Waals surface area contributed by atoms with Gasteiger partial charge in [0, 0.05) is 69.4 Å². The molecule has 0 spiro atoms. The molecule has 13 nitrogen and oxygen atoms in total. The first kappa shape index (κ1) is 37.9. The molecule has 2 bridgehead atoms. The van der Waals surface area contributed by atoms with Crippen molar-refractivity contribution in [2.45, 2.75) is 134 Å². The molecule has 286 valence electrons. The molecule has 5 aliphatic heterocycles. The van der Waals surface area contributed by atoms with Gasteiger partial charge >= 0.3 is 18.0 Å². The van der Waals surface area contributed by atoms with Crippen LogP contribution in [-0.4, -0.2) is 139 Å². The third-order valence-electron chi connectivity index (χ3n) is 12.2. The molecule has 0 aromatic carbocycles. The lowest BCUT2D eigenvalue weighted by molar-refractivity contribution is -0.191. The minimum atomic E-state index is -1.45. The van der Waals surface area contributed by atoms with Crippen molar-refractivity contribution < 1.29 is 42.2 Å². The molecule has 5 heterocycles. The highest BCUT2D eigenvalue weighted by atomic mass is 19.1. The van der Waals surface area contributed by atoms with Crippen molar-refractivity contribution in [3.63, 3.8) is 0 Å². The van der Waals surface area contributed by atoms with Crippen LogP contribution in [0.1, 0.15) is 66.7 Å². The van der Waals surface area contributed by atoms with Gasteiger partial charge in [0.1, 0.15) is 18.4 Å².